The number of hydrogen-bond acceptors (Lipinski definition) is 6. The van der Waals surface area contributed by atoms with Crippen LogP contribution in [-0.4, -0.2) is 81.5 Å². The van der Waals surface area contributed by atoms with E-state index in [9.17, 15) is 18.0 Å². The lowest BCUT2D eigenvalue weighted by molar-refractivity contribution is -0.139. The van der Waals surface area contributed by atoms with Gasteiger partial charge in [0.2, 0.25) is 10.0 Å². The Labute approximate surface area is 205 Å². The molecule has 2 fully saturated rings. The molecule has 2 amide bonds. The fourth-order valence-corrected chi connectivity index (χ4v) is 6.21. The van der Waals surface area contributed by atoms with Gasteiger partial charge in [-0.05, 0) is 49.6 Å². The summed E-state index contributed by atoms with van der Waals surface area (Å²) >= 11 is 0. The molecule has 0 aromatic heterocycles. The number of morpholine rings is 1. The van der Waals surface area contributed by atoms with Crippen molar-refractivity contribution >= 4 is 27.5 Å². The number of amides is 2. The van der Waals surface area contributed by atoms with E-state index in [0.29, 0.717) is 37.7 Å². The molecule has 0 aliphatic carbocycles. The molecule has 3 aliphatic rings. The maximum absolute atomic E-state index is 13.7. The highest BCUT2D eigenvalue weighted by Gasteiger charge is 2.37. The van der Waals surface area contributed by atoms with E-state index in [1.165, 1.54) is 21.3 Å². The number of anilines is 1. The molecule has 9 nitrogen and oxygen atoms in total. The van der Waals surface area contributed by atoms with Crippen LogP contribution in [0.2, 0.25) is 0 Å². The average Bonchev–Trinajstić information content (AvgIpc) is 2.92. The summed E-state index contributed by atoms with van der Waals surface area (Å²) in [6, 6.07) is 13.2. The molecule has 1 atom stereocenters. The number of rotatable bonds is 4. The molecule has 0 N–H and O–H groups in total. The quantitative estimate of drug-likeness (QED) is 0.640. The Morgan fingerprint density at radius 1 is 0.886 bits per heavy atom. The van der Waals surface area contributed by atoms with Crippen LogP contribution >= 0.6 is 0 Å². The van der Waals surface area contributed by atoms with E-state index in [1.807, 2.05) is 0 Å². The zero-order valence-electron chi connectivity index (χ0n) is 19.5. The fraction of sp³-hybridized carbons (Fsp3) is 0.440. The number of carbonyl (C=O) groups is 2. The van der Waals surface area contributed by atoms with Crippen LogP contribution in [-0.2, 0) is 19.6 Å². The Morgan fingerprint density at radius 2 is 1.63 bits per heavy atom. The Kier molecular flexibility index (Phi) is 6.77. The summed E-state index contributed by atoms with van der Waals surface area (Å²) in [7, 11) is -3.75. The lowest BCUT2D eigenvalue weighted by atomic mass is 10.1. The largest absolute Gasteiger partial charge is 0.476 e. The number of ether oxygens (including phenoxy) is 2. The smallest absolute Gasteiger partial charge is 0.265 e. The number of para-hydroxylation sites is 2. The molecule has 0 unspecified atom stereocenters. The molecule has 10 heteroatoms. The number of nitrogens with zero attached hydrogens (tertiary/aromatic N) is 3. The third-order valence-electron chi connectivity index (χ3n) is 6.65. The van der Waals surface area contributed by atoms with Gasteiger partial charge in [0.15, 0.2) is 6.10 Å². The van der Waals surface area contributed by atoms with Gasteiger partial charge in [-0.15, -0.1) is 0 Å². The van der Waals surface area contributed by atoms with E-state index in [4.69, 9.17) is 9.47 Å². The maximum atomic E-state index is 13.7. The molecule has 3 aliphatic heterocycles. The summed E-state index contributed by atoms with van der Waals surface area (Å²) in [5, 5.41) is 0. The van der Waals surface area contributed by atoms with E-state index in [2.05, 4.69) is 0 Å². The number of piperidine rings is 1. The van der Waals surface area contributed by atoms with Gasteiger partial charge < -0.3 is 19.3 Å². The van der Waals surface area contributed by atoms with Gasteiger partial charge in [-0.1, -0.05) is 18.2 Å². The number of hydrogen-bond donors (Lipinski definition) is 0. The first-order valence-corrected chi connectivity index (χ1v) is 13.4. The summed E-state index contributed by atoms with van der Waals surface area (Å²) in [6.45, 7) is 2.68. The molecule has 0 radical (unpaired) electrons. The number of fused-ring (bicyclic) bond motifs is 1. The normalized spacial score (nSPS) is 21.2. The van der Waals surface area contributed by atoms with Gasteiger partial charge in [-0.3, -0.25) is 9.59 Å². The predicted octanol–water partition coefficient (Wildman–Crippen LogP) is 2.13. The Morgan fingerprint density at radius 3 is 2.40 bits per heavy atom. The van der Waals surface area contributed by atoms with Crippen LogP contribution in [0.5, 0.6) is 5.75 Å². The van der Waals surface area contributed by atoms with Crippen molar-refractivity contribution in [3.8, 4) is 5.75 Å². The minimum atomic E-state index is -3.75. The van der Waals surface area contributed by atoms with Crippen molar-refractivity contribution in [1.29, 1.82) is 0 Å². The second-order valence-electron chi connectivity index (χ2n) is 8.92. The summed E-state index contributed by atoms with van der Waals surface area (Å²) in [4.78, 5) is 30.3. The third kappa shape index (κ3) is 4.78. The lowest BCUT2D eigenvalue weighted by Gasteiger charge is -2.37. The molecule has 2 aromatic carbocycles. The molecule has 35 heavy (non-hydrogen) atoms. The number of carbonyl (C=O) groups excluding carboxylic acids is 2. The third-order valence-corrected chi connectivity index (χ3v) is 8.55. The van der Waals surface area contributed by atoms with Gasteiger partial charge in [0.05, 0.1) is 30.3 Å². The van der Waals surface area contributed by atoms with Crippen molar-refractivity contribution in [2.24, 2.45) is 0 Å². The van der Waals surface area contributed by atoms with Crippen molar-refractivity contribution in [2.75, 3.05) is 50.8 Å². The van der Waals surface area contributed by atoms with E-state index < -0.39 is 16.1 Å². The predicted molar refractivity (Wildman–Crippen MR) is 129 cm³/mol. The van der Waals surface area contributed by atoms with E-state index >= 15 is 0 Å². The second kappa shape index (κ2) is 9.96. The Hall–Kier alpha value is -2.95. The van der Waals surface area contributed by atoms with Crippen molar-refractivity contribution in [3.63, 3.8) is 0 Å². The lowest BCUT2D eigenvalue weighted by Crippen LogP contribution is -2.52. The van der Waals surface area contributed by atoms with Crippen molar-refractivity contribution in [3.05, 3.63) is 54.1 Å². The van der Waals surface area contributed by atoms with E-state index in [0.717, 1.165) is 19.3 Å². The second-order valence-corrected chi connectivity index (χ2v) is 10.9. The first-order valence-electron chi connectivity index (χ1n) is 12.0. The molecule has 5 rings (SSSR count). The average molecular weight is 500 g/mol. The van der Waals surface area contributed by atoms with Crippen LogP contribution in [0.4, 0.5) is 5.69 Å². The van der Waals surface area contributed by atoms with Gasteiger partial charge in [0.25, 0.3) is 11.8 Å². The molecule has 2 aromatic rings. The minimum absolute atomic E-state index is 0.0611. The molecule has 0 bridgehead atoms. The number of likely N-dealkylation sites (tertiary alicyclic amines) is 1. The first-order chi connectivity index (χ1) is 16.9. The van der Waals surface area contributed by atoms with Gasteiger partial charge in [-0.2, -0.15) is 4.31 Å². The van der Waals surface area contributed by atoms with Gasteiger partial charge in [0.1, 0.15) is 5.75 Å². The van der Waals surface area contributed by atoms with Crippen molar-refractivity contribution < 1.29 is 27.5 Å². The molecule has 3 heterocycles. The number of benzene rings is 2. The zero-order valence-corrected chi connectivity index (χ0v) is 20.3. The molecule has 2 saturated heterocycles. The first kappa shape index (κ1) is 23.8. The zero-order chi connectivity index (χ0) is 24.4. The highest BCUT2D eigenvalue weighted by molar-refractivity contribution is 7.89. The van der Waals surface area contributed by atoms with Crippen LogP contribution < -0.4 is 9.64 Å². The van der Waals surface area contributed by atoms with Gasteiger partial charge in [-0.25, -0.2) is 8.42 Å². The highest BCUT2D eigenvalue weighted by atomic mass is 32.2. The summed E-state index contributed by atoms with van der Waals surface area (Å²) in [5.41, 5.74) is 0.793. The molecule has 186 valence electrons. The van der Waals surface area contributed by atoms with Crippen LogP contribution in [0, 0.1) is 0 Å². The molecule has 0 spiro atoms. The molecular weight excluding hydrogens is 470 g/mol. The van der Waals surface area contributed by atoms with Gasteiger partial charge >= 0.3 is 0 Å². The summed E-state index contributed by atoms with van der Waals surface area (Å²) < 4.78 is 38.9. The Bertz CT molecular complexity index is 1210. The van der Waals surface area contributed by atoms with Crippen LogP contribution in [0.1, 0.15) is 29.6 Å². The van der Waals surface area contributed by atoms with Crippen molar-refractivity contribution in [1.82, 2.24) is 9.21 Å². The topological polar surface area (TPSA) is 96.5 Å². The van der Waals surface area contributed by atoms with Crippen LogP contribution in [0.15, 0.2) is 53.4 Å². The monoisotopic (exact) mass is 499 g/mol. The van der Waals surface area contributed by atoms with E-state index in [-0.39, 0.29) is 41.9 Å². The summed E-state index contributed by atoms with van der Waals surface area (Å²) in [6.07, 6.45) is 2.21. The van der Waals surface area contributed by atoms with E-state index in [1.54, 1.807) is 41.3 Å². The standard InChI is InChI=1S/C25H29N3O6S/c29-24(19-7-6-8-20(17-19)35(31,32)27-13-15-33-16-14-27)28-18-23(25(30)26-11-4-1-5-12-26)34-22-10-3-2-9-21(22)28/h2-3,6-10,17,23H,1,4-5,11-16,18H2/t23-/m0/s1. The SMILES string of the molecule is O=C([C@@H]1CN(C(=O)c2cccc(S(=O)(=O)N3CCOCC3)c2)c2ccccc2O1)N1CCCCC1. The Balaban J connectivity index is 1.43. The summed E-state index contributed by atoms with van der Waals surface area (Å²) in [5.74, 6) is -0.0450. The number of sulfonamides is 1. The highest BCUT2D eigenvalue weighted by Crippen LogP contribution is 2.35. The van der Waals surface area contributed by atoms with Gasteiger partial charge in [0, 0.05) is 31.7 Å². The molecule has 0 saturated carbocycles. The van der Waals surface area contributed by atoms with Crippen molar-refractivity contribution in [2.45, 2.75) is 30.3 Å². The fourth-order valence-electron chi connectivity index (χ4n) is 4.75. The molecular formula is C25H29N3O6S. The van der Waals surface area contributed by atoms with Crippen LogP contribution in [0.3, 0.4) is 0 Å². The van der Waals surface area contributed by atoms with Crippen LogP contribution in [0.25, 0.3) is 0 Å². The maximum Gasteiger partial charge on any atom is 0.265 e. The minimum Gasteiger partial charge on any atom is -0.476 e.